The van der Waals surface area contributed by atoms with Gasteiger partial charge in [-0.2, -0.15) is 8.42 Å². The summed E-state index contributed by atoms with van der Waals surface area (Å²) in [4.78, 5) is 0. The summed E-state index contributed by atoms with van der Waals surface area (Å²) in [5, 5.41) is 0.582. The molecule has 4 rings (SSSR count). The van der Waals surface area contributed by atoms with Crippen LogP contribution < -0.4 is 4.74 Å². The molecule has 2 heterocycles. The van der Waals surface area contributed by atoms with Crippen molar-refractivity contribution in [1.29, 1.82) is 0 Å². The maximum absolute atomic E-state index is 15.3. The van der Waals surface area contributed by atoms with Crippen molar-refractivity contribution in [3.8, 4) is 5.75 Å². The van der Waals surface area contributed by atoms with Gasteiger partial charge < -0.3 is 14.2 Å². The first-order valence-electron chi connectivity index (χ1n) is 11.9. The monoisotopic (exact) mass is 544 g/mol. The number of halogens is 3. The van der Waals surface area contributed by atoms with Gasteiger partial charge in [-0.3, -0.25) is 4.18 Å². The van der Waals surface area contributed by atoms with E-state index in [-0.39, 0.29) is 43.7 Å². The van der Waals surface area contributed by atoms with E-state index in [1.54, 1.807) is 12.1 Å². The van der Waals surface area contributed by atoms with Gasteiger partial charge in [-0.15, -0.1) is 0 Å². The van der Waals surface area contributed by atoms with E-state index in [0.717, 1.165) is 24.0 Å². The zero-order valence-electron chi connectivity index (χ0n) is 20.6. The van der Waals surface area contributed by atoms with Crippen LogP contribution in [0.5, 0.6) is 5.75 Å². The first kappa shape index (κ1) is 27.3. The van der Waals surface area contributed by atoms with Crippen LogP contribution in [0.25, 0.3) is 0 Å². The first-order chi connectivity index (χ1) is 16.9. The van der Waals surface area contributed by atoms with Crippen LogP contribution in [0.1, 0.15) is 43.7 Å². The topological polar surface area (TPSA) is 71.1 Å². The molecule has 0 aromatic heterocycles. The van der Waals surface area contributed by atoms with Gasteiger partial charge in [0.2, 0.25) is 0 Å². The maximum Gasteiger partial charge on any atom is 0.264 e. The Morgan fingerprint density at radius 3 is 2.33 bits per heavy atom. The summed E-state index contributed by atoms with van der Waals surface area (Å²) in [7, 11) is -3.58. The van der Waals surface area contributed by atoms with E-state index in [2.05, 4.69) is 0 Å². The van der Waals surface area contributed by atoms with E-state index in [9.17, 15) is 12.8 Å². The smallest absolute Gasteiger partial charge is 0.264 e. The summed E-state index contributed by atoms with van der Waals surface area (Å²) < 4.78 is 75.8. The Morgan fingerprint density at radius 2 is 1.69 bits per heavy atom. The highest BCUT2D eigenvalue weighted by molar-refractivity contribution is 7.85. The molecule has 0 unspecified atom stereocenters. The molecule has 0 spiro atoms. The van der Waals surface area contributed by atoms with Gasteiger partial charge in [-0.1, -0.05) is 23.7 Å². The van der Waals surface area contributed by atoms with Gasteiger partial charge in [0.25, 0.3) is 10.1 Å². The lowest BCUT2D eigenvalue weighted by Gasteiger charge is -2.51. The van der Waals surface area contributed by atoms with E-state index < -0.39 is 38.9 Å². The van der Waals surface area contributed by atoms with Gasteiger partial charge in [-0.25, -0.2) is 8.78 Å². The average molecular weight is 545 g/mol. The highest BCUT2D eigenvalue weighted by atomic mass is 35.5. The highest BCUT2D eigenvalue weighted by Gasteiger charge is 2.51. The molecule has 2 aromatic carbocycles. The van der Waals surface area contributed by atoms with E-state index in [1.807, 2.05) is 26.0 Å². The van der Waals surface area contributed by atoms with Crippen molar-refractivity contribution in [1.82, 2.24) is 0 Å². The SMILES string of the molecule is CC1(C)OCC(CCCOS(C)(=O)=O)([C@@H]2COc3c(F)ccc(F)c3[C@H]2Cc2ccc(Cl)cc2)CO1. The van der Waals surface area contributed by atoms with Crippen molar-refractivity contribution >= 4 is 21.7 Å². The Bertz CT molecular complexity index is 1180. The van der Waals surface area contributed by atoms with Crippen molar-refractivity contribution < 1.29 is 35.6 Å². The lowest BCUT2D eigenvalue weighted by atomic mass is 9.63. The number of hydrogen-bond acceptors (Lipinski definition) is 6. The Balaban J connectivity index is 1.72. The predicted octanol–water partition coefficient (Wildman–Crippen LogP) is 5.48. The minimum Gasteiger partial charge on any atom is -0.490 e. The molecule has 0 amide bonds. The minimum atomic E-state index is -3.58. The molecular formula is C26H31ClF2O6S. The van der Waals surface area contributed by atoms with Gasteiger partial charge in [0.1, 0.15) is 5.82 Å². The van der Waals surface area contributed by atoms with Crippen LogP contribution in [0, 0.1) is 23.0 Å². The van der Waals surface area contributed by atoms with E-state index in [1.165, 1.54) is 0 Å². The number of fused-ring (bicyclic) bond motifs is 1. The van der Waals surface area contributed by atoms with Crippen molar-refractivity contribution in [2.75, 3.05) is 32.7 Å². The molecule has 2 aliphatic rings. The molecule has 0 aliphatic carbocycles. The first-order valence-corrected chi connectivity index (χ1v) is 14.1. The van der Waals surface area contributed by atoms with Crippen molar-refractivity contribution in [2.45, 2.75) is 44.8 Å². The second-order valence-electron chi connectivity index (χ2n) is 10.1. The van der Waals surface area contributed by atoms with Gasteiger partial charge >= 0.3 is 0 Å². The third-order valence-electron chi connectivity index (χ3n) is 7.04. The summed E-state index contributed by atoms with van der Waals surface area (Å²) in [6, 6.07) is 9.47. The molecule has 36 heavy (non-hydrogen) atoms. The normalized spacial score (nSPS) is 23.1. The van der Waals surface area contributed by atoms with Crippen LogP contribution in [0.3, 0.4) is 0 Å². The fourth-order valence-corrected chi connectivity index (χ4v) is 5.70. The van der Waals surface area contributed by atoms with Gasteiger partial charge in [0.15, 0.2) is 17.4 Å². The third-order valence-corrected chi connectivity index (χ3v) is 7.89. The van der Waals surface area contributed by atoms with E-state index in [0.29, 0.717) is 24.3 Å². The molecule has 1 saturated heterocycles. The molecule has 2 aliphatic heterocycles. The summed E-state index contributed by atoms with van der Waals surface area (Å²) in [6.45, 7) is 4.34. The van der Waals surface area contributed by atoms with Gasteiger partial charge in [0, 0.05) is 27.8 Å². The number of hydrogen-bond donors (Lipinski definition) is 0. The zero-order chi connectivity index (χ0) is 26.1. The van der Waals surface area contributed by atoms with Crippen LogP contribution in [0.2, 0.25) is 5.02 Å². The standard InChI is InChI=1S/C26H31ClF2O6S/c1-25(2)33-15-26(16-34-25,11-4-12-35-36(3,30)31)20-14-32-24-22(29)10-9-21(28)23(24)19(20)13-17-5-7-18(27)8-6-17/h5-10,19-20H,4,11-16H2,1-3H3/t19-,20+/m0/s1. The third kappa shape index (κ3) is 6.19. The summed E-state index contributed by atoms with van der Waals surface area (Å²) in [5.74, 6) is -2.79. The molecule has 0 N–H and O–H groups in total. The van der Waals surface area contributed by atoms with E-state index >= 15 is 4.39 Å². The number of ether oxygens (including phenoxy) is 3. The van der Waals surface area contributed by atoms with Crippen LogP contribution in [0.4, 0.5) is 8.78 Å². The summed E-state index contributed by atoms with van der Waals surface area (Å²) in [5.41, 5.74) is 0.460. The van der Waals surface area contributed by atoms with Gasteiger partial charge in [-0.05, 0) is 62.9 Å². The second kappa shape index (κ2) is 10.5. The van der Waals surface area contributed by atoms with Crippen LogP contribution >= 0.6 is 11.6 Å². The number of benzene rings is 2. The van der Waals surface area contributed by atoms with Crippen LogP contribution in [-0.4, -0.2) is 46.9 Å². The molecule has 10 heteroatoms. The fraction of sp³-hybridized carbons (Fsp3) is 0.538. The summed E-state index contributed by atoms with van der Waals surface area (Å²) >= 11 is 6.07. The lowest BCUT2D eigenvalue weighted by Crippen LogP contribution is -2.54. The highest BCUT2D eigenvalue weighted by Crippen LogP contribution is 2.52. The Labute approximate surface area is 216 Å². The van der Waals surface area contributed by atoms with Gasteiger partial charge in [0.05, 0.1) is 32.7 Å². The molecule has 0 bridgehead atoms. The molecule has 2 atom stereocenters. The minimum absolute atomic E-state index is 0.00101. The van der Waals surface area contributed by atoms with Crippen molar-refractivity contribution in [3.05, 3.63) is 64.2 Å². The maximum atomic E-state index is 15.3. The molecule has 2 aromatic rings. The Kier molecular flexibility index (Phi) is 7.98. The largest absolute Gasteiger partial charge is 0.490 e. The molecule has 6 nitrogen and oxygen atoms in total. The van der Waals surface area contributed by atoms with Crippen molar-refractivity contribution in [3.63, 3.8) is 0 Å². The molecule has 198 valence electrons. The predicted molar refractivity (Wildman–Crippen MR) is 132 cm³/mol. The van der Waals surface area contributed by atoms with Crippen molar-refractivity contribution in [2.24, 2.45) is 11.3 Å². The summed E-state index contributed by atoms with van der Waals surface area (Å²) in [6.07, 6.45) is 2.31. The molecule has 0 saturated carbocycles. The lowest BCUT2D eigenvalue weighted by molar-refractivity contribution is -0.299. The fourth-order valence-electron chi connectivity index (χ4n) is 5.15. The average Bonchev–Trinajstić information content (AvgIpc) is 2.81. The van der Waals surface area contributed by atoms with E-state index in [4.69, 9.17) is 30.0 Å². The second-order valence-corrected chi connectivity index (χ2v) is 12.2. The zero-order valence-corrected chi connectivity index (χ0v) is 22.1. The molecular weight excluding hydrogens is 514 g/mol. The quantitative estimate of drug-likeness (QED) is 0.324. The Hall–Kier alpha value is -1.78. The molecule has 0 radical (unpaired) electrons. The van der Waals surface area contributed by atoms with Crippen LogP contribution in [-0.2, 0) is 30.2 Å². The Morgan fingerprint density at radius 1 is 1.06 bits per heavy atom. The number of rotatable bonds is 8. The molecule has 1 fully saturated rings. The van der Waals surface area contributed by atoms with Crippen LogP contribution in [0.15, 0.2) is 36.4 Å².